The van der Waals surface area contributed by atoms with Crippen molar-refractivity contribution in [2.75, 3.05) is 27.2 Å². The summed E-state index contributed by atoms with van der Waals surface area (Å²) in [6, 6.07) is 8.17. The minimum absolute atomic E-state index is 0.496. The molecular formula is C18H25N3O. The Morgan fingerprint density at radius 2 is 2.09 bits per heavy atom. The van der Waals surface area contributed by atoms with Gasteiger partial charge in [-0.15, -0.1) is 0 Å². The fraction of sp³-hybridized carbons (Fsp3) is 0.389. The second-order valence-electron chi connectivity index (χ2n) is 6.02. The molecule has 0 saturated heterocycles. The van der Waals surface area contributed by atoms with Crippen LogP contribution in [0.4, 0.5) is 0 Å². The molecule has 0 aliphatic carbocycles. The lowest BCUT2D eigenvalue weighted by Crippen LogP contribution is -2.13. The van der Waals surface area contributed by atoms with E-state index in [2.05, 4.69) is 50.0 Å². The standard InChI is InChI=1S/C18H25N3O/c1-15(2)13-22-18-8-6-5-7-16(18)17(9-11-20(3)4)21-12-10-19-14-21/h5-10,12,14-15H,11,13H2,1-4H3/b17-9-. The Labute approximate surface area is 133 Å². The Balaban J connectivity index is 2.37. The molecule has 4 nitrogen and oxygen atoms in total. The molecule has 1 aromatic carbocycles. The summed E-state index contributed by atoms with van der Waals surface area (Å²) >= 11 is 0. The van der Waals surface area contributed by atoms with Crippen molar-refractivity contribution in [2.45, 2.75) is 13.8 Å². The largest absolute Gasteiger partial charge is 0.493 e. The van der Waals surface area contributed by atoms with Gasteiger partial charge in [0.15, 0.2) is 0 Å². The SMILES string of the molecule is CC(C)COc1ccccc1/C(=C/CN(C)C)n1ccnc1. The highest BCUT2D eigenvalue weighted by Gasteiger charge is 2.11. The zero-order chi connectivity index (χ0) is 15.9. The number of nitrogens with zero attached hydrogens (tertiary/aromatic N) is 3. The number of imidazole rings is 1. The Kier molecular flexibility index (Phi) is 5.78. The molecule has 0 radical (unpaired) electrons. The number of likely N-dealkylation sites (N-methyl/N-ethyl adjacent to an activating group) is 1. The lowest BCUT2D eigenvalue weighted by molar-refractivity contribution is 0.270. The maximum atomic E-state index is 6.00. The summed E-state index contributed by atoms with van der Waals surface area (Å²) in [6.07, 6.45) is 7.77. The van der Waals surface area contributed by atoms with Crippen LogP contribution in [0.5, 0.6) is 5.75 Å². The van der Waals surface area contributed by atoms with Crippen LogP contribution in [0.25, 0.3) is 5.70 Å². The van der Waals surface area contributed by atoms with Crippen LogP contribution >= 0.6 is 0 Å². The molecule has 1 heterocycles. The number of ether oxygens (including phenoxy) is 1. The maximum Gasteiger partial charge on any atom is 0.128 e. The van der Waals surface area contributed by atoms with E-state index in [1.165, 1.54) is 0 Å². The highest BCUT2D eigenvalue weighted by molar-refractivity contribution is 5.70. The third-order valence-electron chi connectivity index (χ3n) is 3.17. The first kappa shape index (κ1) is 16.3. The first-order chi connectivity index (χ1) is 10.6. The predicted octanol–water partition coefficient (Wildman–Crippen LogP) is 3.37. The van der Waals surface area contributed by atoms with E-state index in [-0.39, 0.29) is 0 Å². The van der Waals surface area contributed by atoms with Crippen LogP contribution in [0.3, 0.4) is 0 Å². The third-order valence-corrected chi connectivity index (χ3v) is 3.17. The van der Waals surface area contributed by atoms with E-state index in [0.29, 0.717) is 12.5 Å². The summed E-state index contributed by atoms with van der Waals surface area (Å²) in [6.45, 7) is 5.87. The van der Waals surface area contributed by atoms with Crippen molar-refractivity contribution in [3.63, 3.8) is 0 Å². The molecule has 118 valence electrons. The van der Waals surface area contributed by atoms with E-state index < -0.39 is 0 Å². The van der Waals surface area contributed by atoms with Gasteiger partial charge in [-0.2, -0.15) is 0 Å². The molecule has 2 aromatic rings. The van der Waals surface area contributed by atoms with E-state index in [9.17, 15) is 0 Å². The van der Waals surface area contributed by atoms with Gasteiger partial charge in [0.2, 0.25) is 0 Å². The number of hydrogen-bond donors (Lipinski definition) is 0. The molecule has 0 unspecified atom stereocenters. The molecule has 1 aromatic heterocycles. The lowest BCUT2D eigenvalue weighted by atomic mass is 10.1. The molecule has 22 heavy (non-hydrogen) atoms. The minimum Gasteiger partial charge on any atom is -0.493 e. The zero-order valence-corrected chi connectivity index (χ0v) is 13.9. The molecule has 0 atom stereocenters. The summed E-state index contributed by atoms with van der Waals surface area (Å²) < 4.78 is 8.03. The van der Waals surface area contributed by atoms with Crippen molar-refractivity contribution >= 4 is 5.70 Å². The van der Waals surface area contributed by atoms with Gasteiger partial charge in [0.25, 0.3) is 0 Å². The van der Waals surface area contributed by atoms with Crippen molar-refractivity contribution in [3.05, 3.63) is 54.6 Å². The highest BCUT2D eigenvalue weighted by atomic mass is 16.5. The normalized spacial score (nSPS) is 12.2. The van der Waals surface area contributed by atoms with Gasteiger partial charge >= 0.3 is 0 Å². The third kappa shape index (κ3) is 4.46. The van der Waals surface area contributed by atoms with Crippen molar-refractivity contribution in [1.82, 2.24) is 14.5 Å². The van der Waals surface area contributed by atoms with Gasteiger partial charge in [-0.25, -0.2) is 4.98 Å². The van der Waals surface area contributed by atoms with Crippen molar-refractivity contribution in [3.8, 4) is 5.75 Å². The van der Waals surface area contributed by atoms with Crippen molar-refractivity contribution in [1.29, 1.82) is 0 Å². The molecule has 0 spiro atoms. The van der Waals surface area contributed by atoms with Gasteiger partial charge in [-0.3, -0.25) is 0 Å². The minimum atomic E-state index is 0.496. The highest BCUT2D eigenvalue weighted by Crippen LogP contribution is 2.27. The second kappa shape index (κ2) is 7.80. The molecule has 0 saturated carbocycles. The van der Waals surface area contributed by atoms with Crippen molar-refractivity contribution in [2.24, 2.45) is 5.92 Å². The monoisotopic (exact) mass is 299 g/mol. The first-order valence-corrected chi connectivity index (χ1v) is 7.63. The second-order valence-corrected chi connectivity index (χ2v) is 6.02. The van der Waals surface area contributed by atoms with Gasteiger partial charge in [0.1, 0.15) is 5.75 Å². The van der Waals surface area contributed by atoms with Gasteiger partial charge in [-0.05, 0) is 38.2 Å². The van der Waals surface area contributed by atoms with Crippen LogP contribution in [0.15, 0.2) is 49.1 Å². The molecule has 4 heteroatoms. The molecule has 0 bridgehead atoms. The zero-order valence-electron chi connectivity index (χ0n) is 13.9. The fourth-order valence-corrected chi connectivity index (χ4v) is 2.09. The van der Waals surface area contributed by atoms with Crippen LogP contribution < -0.4 is 4.74 Å². The average molecular weight is 299 g/mol. The fourth-order valence-electron chi connectivity index (χ4n) is 2.09. The van der Waals surface area contributed by atoms with Crippen LogP contribution in [0, 0.1) is 5.92 Å². The van der Waals surface area contributed by atoms with E-state index in [1.54, 1.807) is 6.20 Å². The Bertz CT molecular complexity index is 601. The van der Waals surface area contributed by atoms with Gasteiger partial charge in [0, 0.05) is 24.5 Å². The number of aromatic nitrogens is 2. The molecular weight excluding hydrogens is 274 g/mol. The smallest absolute Gasteiger partial charge is 0.128 e. The van der Waals surface area contributed by atoms with E-state index in [1.807, 2.05) is 35.3 Å². The number of hydrogen-bond acceptors (Lipinski definition) is 3. The molecule has 0 fully saturated rings. The maximum absolute atomic E-state index is 6.00. The Morgan fingerprint density at radius 1 is 1.32 bits per heavy atom. The van der Waals surface area contributed by atoms with Gasteiger partial charge in [0.05, 0.1) is 18.6 Å². The molecule has 0 amide bonds. The summed E-state index contributed by atoms with van der Waals surface area (Å²) in [4.78, 5) is 6.30. The van der Waals surface area contributed by atoms with E-state index >= 15 is 0 Å². The van der Waals surface area contributed by atoms with Crippen LogP contribution in [0.1, 0.15) is 19.4 Å². The predicted molar refractivity (Wildman–Crippen MR) is 90.9 cm³/mol. The molecule has 2 rings (SSSR count). The number of benzene rings is 1. The summed E-state index contributed by atoms with van der Waals surface area (Å²) in [5.74, 6) is 1.41. The van der Waals surface area contributed by atoms with Crippen LogP contribution in [0.2, 0.25) is 0 Å². The molecule has 0 aliphatic rings. The topological polar surface area (TPSA) is 30.3 Å². The van der Waals surface area contributed by atoms with Crippen LogP contribution in [-0.4, -0.2) is 41.7 Å². The Morgan fingerprint density at radius 3 is 2.73 bits per heavy atom. The summed E-state index contributed by atoms with van der Waals surface area (Å²) in [5.41, 5.74) is 2.17. The van der Waals surface area contributed by atoms with Gasteiger partial charge < -0.3 is 14.2 Å². The van der Waals surface area contributed by atoms with Crippen LogP contribution in [-0.2, 0) is 0 Å². The number of para-hydroxylation sites is 1. The molecule has 0 N–H and O–H groups in total. The first-order valence-electron chi connectivity index (χ1n) is 7.63. The van der Waals surface area contributed by atoms with Gasteiger partial charge in [-0.1, -0.05) is 26.0 Å². The summed E-state index contributed by atoms with van der Waals surface area (Å²) in [5, 5.41) is 0. The summed E-state index contributed by atoms with van der Waals surface area (Å²) in [7, 11) is 4.12. The van der Waals surface area contributed by atoms with E-state index in [0.717, 1.165) is 23.6 Å². The number of rotatable bonds is 7. The quantitative estimate of drug-likeness (QED) is 0.785. The van der Waals surface area contributed by atoms with E-state index in [4.69, 9.17) is 4.74 Å². The van der Waals surface area contributed by atoms with Crippen molar-refractivity contribution < 1.29 is 4.74 Å². The average Bonchev–Trinajstić information content (AvgIpc) is 3.00. The lowest BCUT2D eigenvalue weighted by Gasteiger charge is -2.17. The molecule has 0 aliphatic heterocycles. The Hall–Kier alpha value is -2.07.